The maximum Gasteiger partial charge on any atom is 0.279 e. The number of carbonyl (C=O) groups excluding carboxylic acids is 1. The van der Waals surface area contributed by atoms with Gasteiger partial charge in [-0.05, 0) is 32.5 Å². The SMILES string of the molecule is CCCOc1cc(N2CCN(C)CC2)ccc1Nc1ncc2c(n1)N(C)c1sc(C)nc1C(=O)N2C. The number of hydrogen-bond donors (Lipinski definition) is 1. The van der Waals surface area contributed by atoms with E-state index in [1.165, 1.54) is 11.3 Å². The smallest absolute Gasteiger partial charge is 0.279 e. The highest BCUT2D eigenvalue weighted by Gasteiger charge is 2.32. The first-order valence-corrected chi connectivity index (χ1v) is 13.0. The molecule has 3 aromatic rings. The molecule has 4 heterocycles. The minimum absolute atomic E-state index is 0.168. The van der Waals surface area contributed by atoms with E-state index in [9.17, 15) is 4.79 Å². The van der Waals surface area contributed by atoms with Crippen molar-refractivity contribution >= 4 is 51.1 Å². The summed E-state index contributed by atoms with van der Waals surface area (Å²) in [7, 11) is 5.78. The summed E-state index contributed by atoms with van der Waals surface area (Å²) in [6, 6.07) is 6.23. The summed E-state index contributed by atoms with van der Waals surface area (Å²) in [6.07, 6.45) is 2.59. The van der Waals surface area contributed by atoms with E-state index in [2.05, 4.69) is 51.2 Å². The van der Waals surface area contributed by atoms with Crippen LogP contribution >= 0.6 is 11.3 Å². The van der Waals surface area contributed by atoms with Crippen LogP contribution in [0.3, 0.4) is 0 Å². The molecule has 0 aliphatic carbocycles. The molecule has 10 nitrogen and oxygen atoms in total. The van der Waals surface area contributed by atoms with Crippen LogP contribution in [0, 0.1) is 6.92 Å². The van der Waals surface area contributed by atoms with Gasteiger partial charge in [0, 0.05) is 52.0 Å². The van der Waals surface area contributed by atoms with Gasteiger partial charge in [0.1, 0.15) is 16.4 Å². The fourth-order valence-corrected chi connectivity index (χ4v) is 5.25. The van der Waals surface area contributed by atoms with Crippen molar-refractivity contribution in [2.75, 3.05) is 73.9 Å². The highest BCUT2D eigenvalue weighted by Crippen LogP contribution is 2.41. The molecule has 0 unspecified atom stereocenters. The van der Waals surface area contributed by atoms with Crippen molar-refractivity contribution in [2.45, 2.75) is 20.3 Å². The number of aromatic nitrogens is 3. The molecule has 0 radical (unpaired) electrons. The Hall–Kier alpha value is -3.44. The van der Waals surface area contributed by atoms with Crippen LogP contribution in [0.2, 0.25) is 0 Å². The van der Waals surface area contributed by atoms with Crippen molar-refractivity contribution in [3.63, 3.8) is 0 Å². The number of anilines is 6. The molecular weight excluding hydrogens is 476 g/mol. The molecule has 5 rings (SSSR count). The molecule has 1 fully saturated rings. The van der Waals surface area contributed by atoms with Crippen LogP contribution in [0.4, 0.5) is 33.8 Å². The maximum absolute atomic E-state index is 13.0. The largest absolute Gasteiger partial charge is 0.491 e. The number of rotatable bonds is 6. The molecule has 0 bridgehead atoms. The number of ether oxygens (including phenoxy) is 1. The van der Waals surface area contributed by atoms with Gasteiger partial charge in [0.25, 0.3) is 5.91 Å². The number of benzene rings is 1. The summed E-state index contributed by atoms with van der Waals surface area (Å²) in [5, 5.41) is 4.96. The van der Waals surface area contributed by atoms with Gasteiger partial charge < -0.3 is 29.7 Å². The van der Waals surface area contributed by atoms with E-state index in [1.807, 2.05) is 24.9 Å². The fraction of sp³-hybridized carbons (Fsp3) is 0.440. The predicted molar refractivity (Wildman–Crippen MR) is 145 cm³/mol. The first-order chi connectivity index (χ1) is 17.4. The van der Waals surface area contributed by atoms with Gasteiger partial charge in [-0.3, -0.25) is 4.79 Å². The zero-order valence-electron chi connectivity index (χ0n) is 21.4. The highest BCUT2D eigenvalue weighted by atomic mass is 32.1. The molecule has 1 N–H and O–H groups in total. The lowest BCUT2D eigenvalue weighted by atomic mass is 10.2. The lowest BCUT2D eigenvalue weighted by Crippen LogP contribution is -2.44. The Labute approximate surface area is 215 Å². The standard InChI is InChI=1S/C25H32N8O2S/c1-6-13-35-20-14-17(33-11-9-30(3)10-12-33)7-8-18(20)28-25-26-15-19-22(29-25)32(5)24-21(23(34)31(19)4)27-16(2)36-24/h7-8,14-15H,6,9-13H2,1-5H3,(H,26,28,29). The molecule has 1 amide bonds. The van der Waals surface area contributed by atoms with Crippen molar-refractivity contribution in [3.8, 4) is 5.75 Å². The minimum Gasteiger partial charge on any atom is -0.491 e. The second-order valence-electron chi connectivity index (χ2n) is 9.16. The second kappa shape index (κ2) is 9.90. The summed E-state index contributed by atoms with van der Waals surface area (Å²) < 4.78 is 6.12. The monoisotopic (exact) mass is 508 g/mol. The zero-order valence-corrected chi connectivity index (χ0v) is 22.2. The molecular formula is C25H32N8O2S. The van der Waals surface area contributed by atoms with Crippen LogP contribution in [0.1, 0.15) is 28.8 Å². The molecule has 1 saturated heterocycles. The second-order valence-corrected chi connectivity index (χ2v) is 10.3. The fourth-order valence-electron chi connectivity index (χ4n) is 4.39. The topological polar surface area (TPSA) is 90.0 Å². The van der Waals surface area contributed by atoms with E-state index in [0.717, 1.165) is 59.7 Å². The third-order valence-corrected chi connectivity index (χ3v) is 7.55. The zero-order chi connectivity index (χ0) is 25.4. The molecule has 190 valence electrons. The molecule has 2 aromatic heterocycles. The van der Waals surface area contributed by atoms with E-state index in [4.69, 9.17) is 9.72 Å². The van der Waals surface area contributed by atoms with Crippen molar-refractivity contribution in [1.82, 2.24) is 19.9 Å². The summed E-state index contributed by atoms with van der Waals surface area (Å²) in [4.78, 5) is 35.0. The van der Waals surface area contributed by atoms with E-state index in [-0.39, 0.29) is 5.91 Å². The maximum atomic E-state index is 13.0. The van der Waals surface area contributed by atoms with Crippen molar-refractivity contribution in [3.05, 3.63) is 35.1 Å². The number of likely N-dealkylation sites (N-methyl/N-ethyl adjacent to an activating group) is 1. The normalized spacial score (nSPS) is 16.0. The van der Waals surface area contributed by atoms with Crippen molar-refractivity contribution < 1.29 is 9.53 Å². The summed E-state index contributed by atoms with van der Waals surface area (Å²) in [6.45, 7) is 8.67. The van der Waals surface area contributed by atoms with Gasteiger partial charge in [-0.1, -0.05) is 6.92 Å². The number of carbonyl (C=O) groups is 1. The number of amides is 1. The van der Waals surface area contributed by atoms with Gasteiger partial charge in [0.15, 0.2) is 11.5 Å². The Bertz CT molecular complexity index is 1270. The van der Waals surface area contributed by atoms with Crippen LogP contribution in [0.15, 0.2) is 24.4 Å². The number of thiazole rings is 1. The number of fused-ring (bicyclic) bond motifs is 2. The van der Waals surface area contributed by atoms with E-state index in [1.54, 1.807) is 18.1 Å². The van der Waals surface area contributed by atoms with Gasteiger partial charge in [-0.15, -0.1) is 11.3 Å². The lowest BCUT2D eigenvalue weighted by Gasteiger charge is -2.34. The average molecular weight is 509 g/mol. The van der Waals surface area contributed by atoms with Crippen LogP contribution in [0.5, 0.6) is 5.75 Å². The van der Waals surface area contributed by atoms with E-state index < -0.39 is 0 Å². The summed E-state index contributed by atoms with van der Waals surface area (Å²) in [5.41, 5.74) is 3.01. The highest BCUT2D eigenvalue weighted by molar-refractivity contribution is 7.16. The van der Waals surface area contributed by atoms with Gasteiger partial charge in [-0.2, -0.15) is 4.98 Å². The van der Waals surface area contributed by atoms with Gasteiger partial charge in [0.05, 0.1) is 23.5 Å². The Morgan fingerprint density at radius 1 is 1.08 bits per heavy atom. The van der Waals surface area contributed by atoms with Crippen LogP contribution < -0.4 is 24.8 Å². The summed E-state index contributed by atoms with van der Waals surface area (Å²) >= 11 is 1.48. The first kappa shape index (κ1) is 24.3. The van der Waals surface area contributed by atoms with Crippen LogP contribution in [0.25, 0.3) is 0 Å². The predicted octanol–water partition coefficient (Wildman–Crippen LogP) is 3.88. The Kier molecular flexibility index (Phi) is 6.67. The Balaban J connectivity index is 1.46. The first-order valence-electron chi connectivity index (χ1n) is 12.2. The third kappa shape index (κ3) is 4.56. The Morgan fingerprint density at radius 3 is 2.61 bits per heavy atom. The molecule has 1 aromatic carbocycles. The molecule has 0 spiro atoms. The molecule has 0 atom stereocenters. The third-order valence-electron chi connectivity index (χ3n) is 6.50. The molecule has 11 heteroatoms. The molecule has 2 aliphatic rings. The molecule has 36 heavy (non-hydrogen) atoms. The van der Waals surface area contributed by atoms with Gasteiger partial charge in [-0.25, -0.2) is 9.97 Å². The van der Waals surface area contributed by atoms with Gasteiger partial charge >= 0.3 is 0 Å². The number of aryl methyl sites for hydroxylation is 1. The van der Waals surface area contributed by atoms with Crippen molar-refractivity contribution in [1.29, 1.82) is 0 Å². The average Bonchev–Trinajstić information content (AvgIpc) is 3.26. The van der Waals surface area contributed by atoms with E-state index in [0.29, 0.717) is 29.8 Å². The quantitative estimate of drug-likeness (QED) is 0.533. The van der Waals surface area contributed by atoms with Crippen LogP contribution in [-0.2, 0) is 0 Å². The Morgan fingerprint density at radius 2 is 1.86 bits per heavy atom. The minimum atomic E-state index is -0.168. The number of nitrogens with zero attached hydrogens (tertiary/aromatic N) is 7. The number of piperazine rings is 1. The number of nitrogens with one attached hydrogen (secondary N) is 1. The molecule has 2 aliphatic heterocycles. The summed E-state index contributed by atoms with van der Waals surface area (Å²) in [5.74, 6) is 1.67. The lowest BCUT2D eigenvalue weighted by molar-refractivity contribution is 0.0990. The molecule has 0 saturated carbocycles. The van der Waals surface area contributed by atoms with Crippen LogP contribution in [-0.4, -0.2) is 79.7 Å². The van der Waals surface area contributed by atoms with Crippen molar-refractivity contribution in [2.24, 2.45) is 0 Å². The van der Waals surface area contributed by atoms with E-state index >= 15 is 0 Å². The van der Waals surface area contributed by atoms with Gasteiger partial charge in [0.2, 0.25) is 5.95 Å². The number of hydrogen-bond acceptors (Lipinski definition) is 10.